The summed E-state index contributed by atoms with van der Waals surface area (Å²) in [6.45, 7) is 0.464. The van der Waals surface area contributed by atoms with Crippen LogP contribution < -0.4 is 5.73 Å². The van der Waals surface area contributed by atoms with Crippen molar-refractivity contribution in [2.24, 2.45) is 5.73 Å². The molecular formula is C19H17N3O6S. The van der Waals surface area contributed by atoms with Crippen molar-refractivity contribution >= 4 is 29.3 Å². The van der Waals surface area contributed by atoms with Gasteiger partial charge in [0.05, 0.1) is 41.2 Å². The van der Waals surface area contributed by atoms with Crippen molar-refractivity contribution in [3.8, 4) is 0 Å². The Morgan fingerprint density at radius 3 is 2.17 bits per heavy atom. The van der Waals surface area contributed by atoms with Crippen LogP contribution in [0.5, 0.6) is 0 Å². The largest absolute Gasteiger partial charge is 0.467 e. The quantitative estimate of drug-likeness (QED) is 0.322. The highest BCUT2D eigenvalue weighted by Gasteiger charge is 2.21. The molecule has 0 atom stereocenters. The maximum absolute atomic E-state index is 12.8. The zero-order valence-corrected chi connectivity index (χ0v) is 16.0. The fourth-order valence-corrected chi connectivity index (χ4v) is 3.49. The molecule has 0 fully saturated rings. The Hall–Kier alpha value is -3.53. The first-order chi connectivity index (χ1) is 13.9. The van der Waals surface area contributed by atoms with Crippen LogP contribution in [0.15, 0.2) is 68.7 Å². The van der Waals surface area contributed by atoms with Crippen molar-refractivity contribution in [2.75, 3.05) is 5.75 Å². The number of nitrogens with zero attached hydrogens (tertiary/aromatic N) is 2. The molecule has 0 saturated heterocycles. The molecule has 9 nitrogen and oxygen atoms in total. The number of carbonyl (C=O) groups is 2. The Morgan fingerprint density at radius 2 is 1.69 bits per heavy atom. The average Bonchev–Trinajstić information content (AvgIpc) is 3.39. The second kappa shape index (κ2) is 9.11. The molecule has 1 aromatic carbocycles. The van der Waals surface area contributed by atoms with Crippen LogP contribution in [-0.2, 0) is 17.9 Å². The lowest BCUT2D eigenvalue weighted by Gasteiger charge is -2.20. The smallest absolute Gasteiger partial charge is 0.283 e. The standard InChI is InChI=1S/C19H17N3O6S/c20-19(24)13-5-6-17(16(9-13)22(25)26)29-12-18(23)21(10-14-3-1-7-27-14)11-15-4-2-8-28-15/h1-9H,10-12H2,(H2,20,24). The summed E-state index contributed by atoms with van der Waals surface area (Å²) in [5, 5.41) is 11.3. The molecule has 0 aliphatic rings. The van der Waals surface area contributed by atoms with Gasteiger partial charge in [0, 0.05) is 11.6 Å². The summed E-state index contributed by atoms with van der Waals surface area (Å²) in [4.78, 5) is 36.6. The van der Waals surface area contributed by atoms with Gasteiger partial charge in [0.15, 0.2) is 0 Å². The third-order valence-corrected chi connectivity index (χ3v) is 5.05. The zero-order valence-electron chi connectivity index (χ0n) is 15.1. The summed E-state index contributed by atoms with van der Waals surface area (Å²) in [5.74, 6) is 0.149. The molecule has 2 N–H and O–H groups in total. The number of hydrogen-bond donors (Lipinski definition) is 1. The summed E-state index contributed by atoms with van der Waals surface area (Å²) in [7, 11) is 0. The first kappa shape index (κ1) is 20.2. The Bertz CT molecular complexity index is 965. The molecule has 0 aliphatic heterocycles. The Kier molecular flexibility index (Phi) is 6.35. The van der Waals surface area contributed by atoms with E-state index in [4.69, 9.17) is 14.6 Å². The highest BCUT2D eigenvalue weighted by molar-refractivity contribution is 8.00. The molecule has 0 radical (unpaired) electrons. The van der Waals surface area contributed by atoms with Crippen molar-refractivity contribution in [1.29, 1.82) is 0 Å². The molecule has 0 unspecified atom stereocenters. The normalized spacial score (nSPS) is 10.6. The summed E-state index contributed by atoms with van der Waals surface area (Å²) >= 11 is 1.01. The maximum atomic E-state index is 12.8. The van der Waals surface area contributed by atoms with Gasteiger partial charge in [-0.1, -0.05) is 0 Å². The van der Waals surface area contributed by atoms with Gasteiger partial charge in [0.1, 0.15) is 11.5 Å². The minimum absolute atomic E-state index is 0.0321. The number of nitrogens with two attached hydrogens (primary N) is 1. The zero-order chi connectivity index (χ0) is 20.8. The van der Waals surface area contributed by atoms with Gasteiger partial charge >= 0.3 is 0 Å². The minimum atomic E-state index is -0.760. The summed E-state index contributed by atoms with van der Waals surface area (Å²) in [5.41, 5.74) is 4.93. The van der Waals surface area contributed by atoms with E-state index in [9.17, 15) is 19.7 Å². The Labute approximate surface area is 169 Å². The molecule has 2 aromatic heterocycles. The lowest BCUT2D eigenvalue weighted by atomic mass is 10.2. The van der Waals surface area contributed by atoms with Gasteiger partial charge in [-0.3, -0.25) is 19.7 Å². The lowest BCUT2D eigenvalue weighted by Crippen LogP contribution is -2.31. The van der Waals surface area contributed by atoms with Crippen molar-refractivity contribution < 1.29 is 23.3 Å². The first-order valence-corrected chi connectivity index (χ1v) is 9.46. The second-order valence-corrected chi connectivity index (χ2v) is 7.02. The van der Waals surface area contributed by atoms with E-state index in [1.807, 2.05) is 0 Å². The van der Waals surface area contributed by atoms with Gasteiger partial charge in [-0.05, 0) is 36.4 Å². The molecule has 3 aromatic rings. The van der Waals surface area contributed by atoms with E-state index < -0.39 is 10.8 Å². The molecule has 2 amide bonds. The third-order valence-electron chi connectivity index (χ3n) is 4.00. The van der Waals surface area contributed by atoms with E-state index in [0.717, 1.165) is 17.8 Å². The van der Waals surface area contributed by atoms with Crippen LogP contribution in [0.1, 0.15) is 21.9 Å². The number of rotatable bonds is 9. The molecule has 0 aliphatic carbocycles. The fraction of sp³-hybridized carbons (Fsp3) is 0.158. The van der Waals surface area contributed by atoms with Crippen molar-refractivity contribution in [3.63, 3.8) is 0 Å². The predicted molar refractivity (Wildman–Crippen MR) is 104 cm³/mol. The summed E-state index contributed by atoms with van der Waals surface area (Å²) in [6, 6.07) is 10.9. The monoisotopic (exact) mass is 415 g/mol. The number of hydrogen-bond acceptors (Lipinski definition) is 7. The van der Waals surface area contributed by atoms with Crippen molar-refractivity contribution in [1.82, 2.24) is 4.90 Å². The van der Waals surface area contributed by atoms with Crippen molar-refractivity contribution in [3.05, 3.63) is 82.2 Å². The number of nitro groups is 1. The number of primary amides is 1. The van der Waals surface area contributed by atoms with Crippen LogP contribution in [0.3, 0.4) is 0 Å². The van der Waals surface area contributed by atoms with Crippen LogP contribution >= 0.6 is 11.8 Å². The number of amides is 2. The van der Waals surface area contributed by atoms with E-state index in [1.165, 1.54) is 29.6 Å². The summed E-state index contributed by atoms with van der Waals surface area (Å²) < 4.78 is 10.6. The number of carbonyl (C=O) groups excluding carboxylic acids is 2. The van der Waals surface area contributed by atoms with Gasteiger partial charge in [0.25, 0.3) is 5.69 Å². The van der Waals surface area contributed by atoms with E-state index in [-0.39, 0.29) is 40.9 Å². The molecular weight excluding hydrogens is 398 g/mol. The number of thioether (sulfide) groups is 1. The SMILES string of the molecule is NC(=O)c1ccc(SCC(=O)N(Cc2ccco2)Cc2ccco2)c([N+](=O)[O-])c1. The topological polar surface area (TPSA) is 133 Å². The van der Waals surface area contributed by atoms with E-state index >= 15 is 0 Å². The predicted octanol–water partition coefficient (Wildman–Crippen LogP) is 3.20. The molecule has 2 heterocycles. The summed E-state index contributed by atoms with van der Waals surface area (Å²) in [6.07, 6.45) is 3.03. The van der Waals surface area contributed by atoms with Crippen LogP contribution in [-0.4, -0.2) is 27.4 Å². The van der Waals surface area contributed by atoms with Crippen molar-refractivity contribution in [2.45, 2.75) is 18.0 Å². The third kappa shape index (κ3) is 5.26. The fourth-order valence-electron chi connectivity index (χ4n) is 2.58. The highest BCUT2D eigenvalue weighted by atomic mass is 32.2. The highest BCUT2D eigenvalue weighted by Crippen LogP contribution is 2.30. The van der Waals surface area contributed by atoms with E-state index in [2.05, 4.69) is 0 Å². The van der Waals surface area contributed by atoms with Gasteiger partial charge in [-0.25, -0.2) is 0 Å². The van der Waals surface area contributed by atoms with Crippen LogP contribution in [0.4, 0.5) is 5.69 Å². The molecule has 150 valence electrons. The van der Waals surface area contributed by atoms with Gasteiger partial charge < -0.3 is 19.5 Å². The maximum Gasteiger partial charge on any atom is 0.283 e. The second-order valence-electron chi connectivity index (χ2n) is 6.00. The molecule has 0 spiro atoms. The van der Waals surface area contributed by atoms with Gasteiger partial charge in [0.2, 0.25) is 11.8 Å². The Balaban J connectivity index is 1.74. The average molecular weight is 415 g/mol. The molecule has 29 heavy (non-hydrogen) atoms. The van der Waals surface area contributed by atoms with Crippen LogP contribution in [0.2, 0.25) is 0 Å². The van der Waals surface area contributed by atoms with E-state index in [0.29, 0.717) is 11.5 Å². The lowest BCUT2D eigenvalue weighted by molar-refractivity contribution is -0.387. The Morgan fingerprint density at radius 1 is 1.07 bits per heavy atom. The van der Waals surface area contributed by atoms with Crippen LogP contribution in [0, 0.1) is 10.1 Å². The molecule has 0 bridgehead atoms. The number of benzene rings is 1. The van der Waals surface area contributed by atoms with E-state index in [1.54, 1.807) is 24.3 Å². The van der Waals surface area contributed by atoms with Gasteiger partial charge in [-0.15, -0.1) is 11.8 Å². The first-order valence-electron chi connectivity index (χ1n) is 8.47. The minimum Gasteiger partial charge on any atom is -0.467 e. The number of nitro benzene ring substituents is 1. The van der Waals surface area contributed by atoms with Gasteiger partial charge in [-0.2, -0.15) is 0 Å². The molecule has 3 rings (SSSR count). The number of furan rings is 2. The molecule has 10 heteroatoms. The van der Waals surface area contributed by atoms with Crippen LogP contribution in [0.25, 0.3) is 0 Å². The molecule has 0 saturated carbocycles.